The summed E-state index contributed by atoms with van der Waals surface area (Å²) in [5, 5.41) is 12.0. The molecule has 92 valence electrons. The van der Waals surface area contributed by atoms with Gasteiger partial charge >= 0.3 is 0 Å². The first-order valence-electron chi connectivity index (χ1n) is 5.49. The van der Waals surface area contributed by atoms with Crippen LogP contribution in [-0.4, -0.2) is 18.3 Å². The predicted octanol–water partition coefficient (Wildman–Crippen LogP) is 3.81. The van der Waals surface area contributed by atoms with Crippen molar-refractivity contribution in [3.8, 4) is 0 Å². The molecule has 1 aromatic rings. The van der Waals surface area contributed by atoms with Crippen LogP contribution in [0.4, 0.5) is 0 Å². The molecule has 0 atom stereocenters. The second kappa shape index (κ2) is 8.48. The average Bonchev–Trinajstić information content (AvgIpc) is 2.57. The quantitative estimate of drug-likeness (QED) is 0.712. The molecule has 1 heterocycles. The summed E-state index contributed by atoms with van der Waals surface area (Å²) < 4.78 is 1.80. The summed E-state index contributed by atoms with van der Waals surface area (Å²) in [7, 11) is 0. The Morgan fingerprint density at radius 3 is 2.69 bits per heavy atom. The highest BCUT2D eigenvalue weighted by Gasteiger charge is 2.03. The van der Waals surface area contributed by atoms with Crippen LogP contribution < -0.4 is 5.32 Å². The second-order valence-electron chi connectivity index (χ2n) is 3.65. The maximum Gasteiger partial charge on any atom is 0.107 e. The highest BCUT2D eigenvalue weighted by Crippen LogP contribution is 2.31. The number of rotatable bonds is 8. The van der Waals surface area contributed by atoms with Crippen molar-refractivity contribution >= 4 is 38.9 Å². The smallest absolute Gasteiger partial charge is 0.107 e. The maximum atomic E-state index is 8.61. The minimum Gasteiger partial charge on any atom is -0.396 e. The molecular formula is C11H17BrClNOS. The monoisotopic (exact) mass is 325 g/mol. The minimum absolute atomic E-state index is 0.315. The van der Waals surface area contributed by atoms with Crippen molar-refractivity contribution in [2.45, 2.75) is 32.2 Å². The molecule has 0 aliphatic carbocycles. The summed E-state index contributed by atoms with van der Waals surface area (Å²) >= 11 is 11.0. The lowest BCUT2D eigenvalue weighted by Gasteiger charge is -2.02. The van der Waals surface area contributed by atoms with Crippen LogP contribution in [0.5, 0.6) is 0 Å². The number of hydrogen-bond donors (Lipinski definition) is 2. The SMILES string of the molecule is OCCCCCCNCc1cc(Br)c(Cl)s1. The van der Waals surface area contributed by atoms with Gasteiger partial charge in [-0.3, -0.25) is 0 Å². The first-order chi connectivity index (χ1) is 7.74. The third-order valence-electron chi connectivity index (χ3n) is 2.26. The Labute approximate surface area is 114 Å². The fraction of sp³-hybridized carbons (Fsp3) is 0.636. The Morgan fingerprint density at radius 2 is 2.06 bits per heavy atom. The molecule has 5 heteroatoms. The Morgan fingerprint density at radius 1 is 1.31 bits per heavy atom. The number of hydrogen-bond acceptors (Lipinski definition) is 3. The van der Waals surface area contributed by atoms with Crippen LogP contribution in [0.1, 0.15) is 30.6 Å². The summed E-state index contributed by atoms with van der Waals surface area (Å²) in [4.78, 5) is 1.26. The molecule has 16 heavy (non-hydrogen) atoms. The molecule has 2 nitrogen and oxygen atoms in total. The standard InChI is InChI=1S/C11H17BrClNOS/c12-10-7-9(16-11(10)13)8-14-5-3-1-2-4-6-15/h7,14-15H,1-6,8H2. The van der Waals surface area contributed by atoms with E-state index in [0.717, 1.165) is 34.7 Å². The normalized spacial score (nSPS) is 10.9. The molecule has 0 radical (unpaired) electrons. The van der Waals surface area contributed by atoms with E-state index in [1.165, 1.54) is 17.7 Å². The van der Waals surface area contributed by atoms with Gasteiger partial charge in [0, 0.05) is 22.5 Å². The first-order valence-corrected chi connectivity index (χ1v) is 7.48. The first kappa shape index (κ1) is 14.5. The van der Waals surface area contributed by atoms with Crippen LogP contribution in [0, 0.1) is 0 Å². The predicted molar refractivity (Wildman–Crippen MR) is 74.3 cm³/mol. The molecule has 0 amide bonds. The highest BCUT2D eigenvalue weighted by molar-refractivity contribution is 9.10. The average molecular weight is 327 g/mol. The van der Waals surface area contributed by atoms with Gasteiger partial charge in [-0.05, 0) is 41.4 Å². The molecular weight excluding hydrogens is 310 g/mol. The number of aliphatic hydroxyl groups excluding tert-OH is 1. The van der Waals surface area contributed by atoms with Crippen molar-refractivity contribution in [3.05, 3.63) is 19.8 Å². The van der Waals surface area contributed by atoms with E-state index < -0.39 is 0 Å². The van der Waals surface area contributed by atoms with E-state index in [1.54, 1.807) is 11.3 Å². The molecule has 0 bridgehead atoms. The molecule has 0 aliphatic rings. The number of halogens is 2. The molecule has 0 spiro atoms. The van der Waals surface area contributed by atoms with Crippen molar-refractivity contribution in [1.82, 2.24) is 5.32 Å². The lowest BCUT2D eigenvalue weighted by atomic mass is 10.2. The zero-order chi connectivity index (χ0) is 11.8. The number of thiophene rings is 1. The zero-order valence-corrected chi connectivity index (χ0v) is 12.3. The van der Waals surface area contributed by atoms with Crippen molar-refractivity contribution in [3.63, 3.8) is 0 Å². The molecule has 0 aromatic carbocycles. The number of unbranched alkanes of at least 4 members (excludes halogenated alkanes) is 3. The van der Waals surface area contributed by atoms with Crippen LogP contribution in [0.15, 0.2) is 10.5 Å². The largest absolute Gasteiger partial charge is 0.396 e. The Balaban J connectivity index is 2.03. The summed E-state index contributed by atoms with van der Waals surface area (Å²) in [6.45, 7) is 2.23. The summed E-state index contributed by atoms with van der Waals surface area (Å²) in [5.74, 6) is 0. The van der Waals surface area contributed by atoms with Gasteiger partial charge in [0.15, 0.2) is 0 Å². The van der Waals surface area contributed by atoms with E-state index in [2.05, 4.69) is 27.3 Å². The van der Waals surface area contributed by atoms with E-state index >= 15 is 0 Å². The van der Waals surface area contributed by atoms with Crippen LogP contribution >= 0.6 is 38.9 Å². The maximum absolute atomic E-state index is 8.61. The van der Waals surface area contributed by atoms with Crippen molar-refractivity contribution < 1.29 is 5.11 Å². The van der Waals surface area contributed by atoms with Crippen LogP contribution in [0.3, 0.4) is 0 Å². The lowest BCUT2D eigenvalue weighted by Crippen LogP contribution is -2.13. The topological polar surface area (TPSA) is 32.3 Å². The highest BCUT2D eigenvalue weighted by atomic mass is 79.9. The van der Waals surface area contributed by atoms with Gasteiger partial charge in [-0.25, -0.2) is 0 Å². The fourth-order valence-corrected chi connectivity index (χ4v) is 3.17. The van der Waals surface area contributed by atoms with Gasteiger partial charge in [-0.1, -0.05) is 24.4 Å². The van der Waals surface area contributed by atoms with Gasteiger partial charge in [0.1, 0.15) is 4.34 Å². The zero-order valence-electron chi connectivity index (χ0n) is 9.14. The van der Waals surface area contributed by atoms with Gasteiger partial charge in [-0.15, -0.1) is 11.3 Å². The van der Waals surface area contributed by atoms with Crippen LogP contribution in [0.25, 0.3) is 0 Å². The molecule has 0 aliphatic heterocycles. The Bertz CT molecular complexity index is 287. The molecule has 2 N–H and O–H groups in total. The number of aliphatic hydroxyl groups is 1. The molecule has 0 saturated heterocycles. The minimum atomic E-state index is 0.315. The van der Waals surface area contributed by atoms with E-state index in [0.29, 0.717) is 6.61 Å². The van der Waals surface area contributed by atoms with E-state index in [9.17, 15) is 0 Å². The second-order valence-corrected chi connectivity index (χ2v) is 6.24. The summed E-state index contributed by atoms with van der Waals surface area (Å²) in [6, 6.07) is 2.06. The molecule has 0 saturated carbocycles. The van der Waals surface area contributed by atoms with Gasteiger partial charge in [-0.2, -0.15) is 0 Å². The van der Waals surface area contributed by atoms with Gasteiger partial charge in [0.2, 0.25) is 0 Å². The molecule has 0 fully saturated rings. The molecule has 1 rings (SSSR count). The number of nitrogens with one attached hydrogen (secondary N) is 1. The van der Waals surface area contributed by atoms with E-state index in [-0.39, 0.29) is 0 Å². The Hall–Kier alpha value is 0.390. The third kappa shape index (κ3) is 5.64. The van der Waals surface area contributed by atoms with Crippen LogP contribution in [-0.2, 0) is 6.54 Å². The van der Waals surface area contributed by atoms with Gasteiger partial charge in [0.05, 0.1) is 0 Å². The summed E-state index contributed by atoms with van der Waals surface area (Å²) in [5.41, 5.74) is 0. The van der Waals surface area contributed by atoms with E-state index in [4.69, 9.17) is 16.7 Å². The van der Waals surface area contributed by atoms with Crippen molar-refractivity contribution in [1.29, 1.82) is 0 Å². The third-order valence-corrected chi connectivity index (χ3v) is 4.73. The van der Waals surface area contributed by atoms with Gasteiger partial charge < -0.3 is 10.4 Å². The van der Waals surface area contributed by atoms with Crippen molar-refractivity contribution in [2.75, 3.05) is 13.2 Å². The molecule has 0 unspecified atom stereocenters. The lowest BCUT2D eigenvalue weighted by molar-refractivity contribution is 0.282. The van der Waals surface area contributed by atoms with Gasteiger partial charge in [0.25, 0.3) is 0 Å². The van der Waals surface area contributed by atoms with E-state index in [1.807, 2.05) is 0 Å². The van der Waals surface area contributed by atoms with Crippen LogP contribution in [0.2, 0.25) is 4.34 Å². The van der Waals surface area contributed by atoms with Crippen molar-refractivity contribution in [2.24, 2.45) is 0 Å². The summed E-state index contributed by atoms with van der Waals surface area (Å²) in [6.07, 6.45) is 4.39. The molecule has 1 aromatic heterocycles. The Kier molecular flexibility index (Phi) is 7.66. The fourth-order valence-electron chi connectivity index (χ4n) is 1.41.